The Hall–Kier alpha value is -4.06. The van der Waals surface area contributed by atoms with Crippen molar-refractivity contribution in [2.45, 2.75) is 75.0 Å². The van der Waals surface area contributed by atoms with Gasteiger partial charge in [-0.3, -0.25) is 9.59 Å². The van der Waals surface area contributed by atoms with E-state index in [-0.39, 0.29) is 23.7 Å². The maximum absolute atomic E-state index is 14.6. The van der Waals surface area contributed by atoms with Gasteiger partial charge >= 0.3 is 6.09 Å². The lowest BCUT2D eigenvalue weighted by Crippen LogP contribution is -2.41. The van der Waals surface area contributed by atoms with Gasteiger partial charge in [0.15, 0.2) is 0 Å². The predicted molar refractivity (Wildman–Crippen MR) is 182 cm³/mol. The molecular formula is C37H42N4O7S. The van der Waals surface area contributed by atoms with Gasteiger partial charge in [-0.25, -0.2) is 17.9 Å². The zero-order valence-corrected chi connectivity index (χ0v) is 28.5. The third kappa shape index (κ3) is 4.95. The predicted octanol–water partition coefficient (Wildman–Crippen LogP) is 4.65. The van der Waals surface area contributed by atoms with Gasteiger partial charge in [-0.15, -0.1) is 0 Å². The number of carboxylic acid groups (broad SMARTS) is 1. The zero-order valence-electron chi connectivity index (χ0n) is 27.7. The number of benzene rings is 1. The number of likely N-dealkylation sites (tertiary alicyclic amines) is 2. The van der Waals surface area contributed by atoms with Crippen LogP contribution in [0.2, 0.25) is 0 Å². The van der Waals surface area contributed by atoms with E-state index in [1.807, 2.05) is 17.1 Å². The van der Waals surface area contributed by atoms with E-state index in [4.69, 9.17) is 4.74 Å². The molecule has 1 aromatic carbocycles. The number of carbonyl (C=O) groups excluding carboxylic acids is 2. The summed E-state index contributed by atoms with van der Waals surface area (Å²) >= 11 is 0. The average molecular weight is 687 g/mol. The van der Waals surface area contributed by atoms with Crippen molar-refractivity contribution in [3.63, 3.8) is 0 Å². The number of methoxy groups -OCH3 is 1. The van der Waals surface area contributed by atoms with E-state index in [1.165, 1.54) is 29.7 Å². The van der Waals surface area contributed by atoms with Gasteiger partial charge in [0.2, 0.25) is 15.9 Å². The molecule has 258 valence electrons. The van der Waals surface area contributed by atoms with E-state index in [9.17, 15) is 27.9 Å². The first-order valence-corrected chi connectivity index (χ1v) is 19.4. The van der Waals surface area contributed by atoms with Crippen LogP contribution in [0.1, 0.15) is 74.5 Å². The van der Waals surface area contributed by atoms with Gasteiger partial charge in [-0.05, 0) is 72.4 Å². The number of nitrogens with zero attached hydrogens (tertiary/aromatic N) is 3. The molecule has 9 rings (SSSR count). The summed E-state index contributed by atoms with van der Waals surface area (Å²) in [7, 11) is -2.06. The van der Waals surface area contributed by atoms with Gasteiger partial charge in [-0.1, -0.05) is 37.5 Å². The highest BCUT2D eigenvalue weighted by atomic mass is 32.2. The van der Waals surface area contributed by atoms with Gasteiger partial charge < -0.3 is 24.2 Å². The van der Waals surface area contributed by atoms with Gasteiger partial charge in [0.1, 0.15) is 5.75 Å². The first kappa shape index (κ1) is 31.0. The molecule has 7 aliphatic rings. The van der Waals surface area contributed by atoms with Crippen molar-refractivity contribution in [1.82, 2.24) is 19.1 Å². The number of hydrogen-bond donors (Lipinski definition) is 2. The highest BCUT2D eigenvalue weighted by Crippen LogP contribution is 2.55. The lowest BCUT2D eigenvalue weighted by molar-refractivity contribution is -0.135. The second kappa shape index (κ2) is 11.2. The Bertz CT molecular complexity index is 2000. The number of aromatic nitrogens is 1. The molecule has 1 aromatic heterocycles. The number of ether oxygens (including phenoxy) is 1. The highest BCUT2D eigenvalue weighted by molar-refractivity contribution is 7.91. The third-order valence-corrected chi connectivity index (χ3v) is 14.1. The monoisotopic (exact) mass is 686 g/mol. The maximum atomic E-state index is 14.6. The molecule has 11 nitrogen and oxygen atoms in total. The first-order valence-electron chi connectivity index (χ1n) is 17.8. The van der Waals surface area contributed by atoms with Crippen LogP contribution in [0.4, 0.5) is 4.79 Å². The smallest absolute Gasteiger partial charge is 0.407 e. The van der Waals surface area contributed by atoms with Crippen molar-refractivity contribution in [3.8, 4) is 5.75 Å². The summed E-state index contributed by atoms with van der Waals surface area (Å²) in [4.78, 5) is 43.3. The lowest BCUT2D eigenvalue weighted by atomic mass is 9.76. The maximum Gasteiger partial charge on any atom is 0.407 e. The summed E-state index contributed by atoms with van der Waals surface area (Å²) < 4.78 is 36.3. The number of hydrogen-bond acceptors (Lipinski definition) is 6. The summed E-state index contributed by atoms with van der Waals surface area (Å²) in [6.07, 6.45) is 10.6. The summed E-state index contributed by atoms with van der Waals surface area (Å²) in [5, 5.41) is 10.0. The Kier molecular flexibility index (Phi) is 7.09. The molecule has 4 aliphatic carbocycles. The Morgan fingerprint density at radius 3 is 2.35 bits per heavy atom. The molecule has 3 unspecified atom stereocenters. The van der Waals surface area contributed by atoms with E-state index >= 15 is 0 Å². The van der Waals surface area contributed by atoms with Gasteiger partial charge in [0.25, 0.3) is 5.91 Å². The van der Waals surface area contributed by atoms with Crippen LogP contribution in [0.5, 0.6) is 5.75 Å². The number of carbonyl (C=O) groups is 3. The van der Waals surface area contributed by atoms with Crippen LogP contribution < -0.4 is 9.46 Å². The Labute approximate surface area is 285 Å². The minimum Gasteiger partial charge on any atom is -0.496 e. The van der Waals surface area contributed by atoms with Crippen LogP contribution in [-0.2, 0) is 26.2 Å². The first-order chi connectivity index (χ1) is 23.6. The number of rotatable bonds is 6. The van der Waals surface area contributed by atoms with E-state index in [1.54, 1.807) is 7.11 Å². The number of allylic oxidation sites excluding steroid dienone is 4. The standard InChI is InChI=1S/C37H42N4O7S/c1-48-30-13-12-24(20-6-3-2-4-7-20)34-27(30)14-29-31-25(32-28(19-41(29)34)33(32)35(42)38-49(46,47)23-10-11-23)8-5-9-26(31)36(43)39-15-21-17-40(37(44)45)18-22(21)16-39/h5,8,12-14,20-23,26,31H,2-4,6-7,9-11,15-19H2,1H3,(H,38,42)(H,44,45)/t21?,22?,26-,31?/m1/s1. The molecule has 4 atom stereocenters. The largest absolute Gasteiger partial charge is 0.496 e. The number of nitrogens with one attached hydrogen (secondary N) is 1. The van der Waals surface area contributed by atoms with Crippen molar-refractivity contribution >= 4 is 38.8 Å². The van der Waals surface area contributed by atoms with Crippen LogP contribution in [0.25, 0.3) is 10.9 Å². The molecule has 3 aliphatic heterocycles. The molecule has 2 N–H and O–H groups in total. The Balaban J connectivity index is 1.15. The van der Waals surface area contributed by atoms with Crippen LogP contribution in [-0.4, -0.2) is 84.3 Å². The van der Waals surface area contributed by atoms with Crippen molar-refractivity contribution in [3.05, 3.63) is 63.9 Å². The van der Waals surface area contributed by atoms with Crippen LogP contribution in [0.15, 0.2) is 52.6 Å². The summed E-state index contributed by atoms with van der Waals surface area (Å²) in [6, 6.07) is 6.44. The summed E-state index contributed by atoms with van der Waals surface area (Å²) in [6.45, 7) is 2.37. The fourth-order valence-electron chi connectivity index (χ4n) is 9.71. The summed E-state index contributed by atoms with van der Waals surface area (Å²) in [5.74, 6) is 0.117. The molecule has 0 radical (unpaired) electrons. The van der Waals surface area contributed by atoms with E-state index < -0.39 is 33.2 Å². The van der Waals surface area contributed by atoms with Gasteiger partial charge in [0.05, 0.1) is 29.4 Å². The molecular weight excluding hydrogens is 644 g/mol. The van der Waals surface area contributed by atoms with E-state index in [0.717, 1.165) is 51.9 Å². The molecule has 2 aromatic rings. The van der Waals surface area contributed by atoms with Crippen molar-refractivity contribution in [1.29, 1.82) is 0 Å². The van der Waals surface area contributed by atoms with Crippen LogP contribution in [0.3, 0.4) is 0 Å². The molecule has 4 heterocycles. The Morgan fingerprint density at radius 2 is 1.67 bits per heavy atom. The highest BCUT2D eigenvalue weighted by Gasteiger charge is 2.50. The molecule has 12 heteroatoms. The van der Waals surface area contributed by atoms with E-state index in [2.05, 4.69) is 27.5 Å². The second-order valence-corrected chi connectivity index (χ2v) is 17.1. The SMILES string of the molecule is COc1ccc(C2CCCCC2)c2c1cc1n2CC2=C(C(=O)NS(=O)(=O)C3CC3)C2=C2C=CC[C@@H](C(=O)N3CC4CN(C(=O)O)CC4C3)C21. The molecule has 4 fully saturated rings. The van der Waals surface area contributed by atoms with Crippen LogP contribution >= 0.6 is 0 Å². The lowest BCUT2D eigenvalue weighted by Gasteiger charge is -2.33. The number of sulfonamides is 1. The topological polar surface area (TPSA) is 138 Å². The van der Waals surface area contributed by atoms with Crippen molar-refractivity contribution in [2.75, 3.05) is 33.3 Å². The minimum atomic E-state index is -3.74. The molecule has 49 heavy (non-hydrogen) atoms. The normalized spacial score (nSPS) is 27.9. The molecule has 3 amide bonds. The van der Waals surface area contributed by atoms with E-state index in [0.29, 0.717) is 63.5 Å². The van der Waals surface area contributed by atoms with Gasteiger partial charge in [0, 0.05) is 61.6 Å². The number of amides is 3. The number of fused-ring (bicyclic) bond motifs is 7. The third-order valence-electron chi connectivity index (χ3n) is 12.3. The van der Waals surface area contributed by atoms with Crippen molar-refractivity contribution < 1.29 is 32.6 Å². The average Bonchev–Trinajstić information content (AvgIpc) is 3.96. The summed E-state index contributed by atoms with van der Waals surface area (Å²) in [5.41, 5.74) is 6.31. The minimum absolute atomic E-state index is 0.0476. The molecule has 0 spiro atoms. The fourth-order valence-corrected chi connectivity index (χ4v) is 11.0. The molecule has 0 bridgehead atoms. The second-order valence-electron chi connectivity index (χ2n) is 15.1. The quantitative estimate of drug-likeness (QED) is 0.451. The van der Waals surface area contributed by atoms with Gasteiger partial charge in [-0.2, -0.15) is 0 Å². The van der Waals surface area contributed by atoms with Crippen LogP contribution in [0, 0.1) is 17.8 Å². The molecule has 2 saturated carbocycles. The molecule has 2 saturated heterocycles. The zero-order chi connectivity index (χ0) is 33.8. The Morgan fingerprint density at radius 1 is 0.959 bits per heavy atom. The fraction of sp³-hybridized carbons (Fsp3) is 0.541. The van der Waals surface area contributed by atoms with Crippen molar-refractivity contribution in [2.24, 2.45) is 17.8 Å².